The molecule has 0 aliphatic heterocycles. The fourth-order valence-electron chi connectivity index (χ4n) is 2.05. The summed E-state index contributed by atoms with van der Waals surface area (Å²) in [5, 5.41) is 3.31. The Hall–Kier alpha value is -1.13. The van der Waals surface area contributed by atoms with Crippen molar-refractivity contribution in [1.29, 1.82) is 0 Å². The molecule has 3 N–H and O–H groups in total. The number of hydrogen-bond acceptors (Lipinski definition) is 4. The average molecular weight is 237 g/mol. The highest BCUT2D eigenvalue weighted by molar-refractivity contribution is 5.39. The zero-order chi connectivity index (χ0) is 12.7. The van der Waals surface area contributed by atoms with Crippen LogP contribution in [0, 0.1) is 0 Å². The lowest BCUT2D eigenvalue weighted by atomic mass is 9.99. The fraction of sp³-hybridized carbons (Fsp3) is 0.615. The molecule has 2 atom stereocenters. The molecule has 0 spiro atoms. The summed E-state index contributed by atoms with van der Waals surface area (Å²) in [6.45, 7) is 2.16. The zero-order valence-electron chi connectivity index (χ0n) is 10.9. The monoisotopic (exact) mass is 237 g/mol. The molecule has 4 nitrogen and oxygen atoms in total. The number of nitrogens with one attached hydrogen (secondary N) is 1. The number of hydrogen-bond donors (Lipinski definition) is 2. The van der Waals surface area contributed by atoms with Crippen LogP contribution in [0.1, 0.15) is 25.3 Å². The molecular formula is C13H23N3O. The van der Waals surface area contributed by atoms with Crippen molar-refractivity contribution in [3.8, 4) is 0 Å². The molecule has 17 heavy (non-hydrogen) atoms. The number of rotatable bonds is 7. The minimum Gasteiger partial charge on any atom is -0.383 e. The van der Waals surface area contributed by atoms with E-state index in [0.29, 0.717) is 5.82 Å². The average Bonchev–Trinajstić information content (AvgIpc) is 2.35. The van der Waals surface area contributed by atoms with Crippen molar-refractivity contribution in [3.63, 3.8) is 0 Å². The van der Waals surface area contributed by atoms with Gasteiger partial charge in [-0.1, -0.05) is 19.4 Å². The van der Waals surface area contributed by atoms with E-state index in [9.17, 15) is 0 Å². The van der Waals surface area contributed by atoms with E-state index in [1.54, 1.807) is 13.3 Å². The maximum absolute atomic E-state index is 5.86. The van der Waals surface area contributed by atoms with Crippen LogP contribution >= 0.6 is 0 Å². The summed E-state index contributed by atoms with van der Waals surface area (Å²) in [6.07, 6.45) is 4.92. The molecule has 0 aliphatic carbocycles. The Labute approximate surface area is 104 Å². The van der Waals surface area contributed by atoms with Crippen LogP contribution in [0.25, 0.3) is 0 Å². The predicted molar refractivity (Wildman–Crippen MR) is 70.9 cm³/mol. The molecule has 0 aromatic carbocycles. The van der Waals surface area contributed by atoms with Gasteiger partial charge in [0.2, 0.25) is 0 Å². The maximum atomic E-state index is 5.86. The second-order valence-corrected chi connectivity index (χ2v) is 4.21. The molecule has 0 saturated carbocycles. The largest absolute Gasteiger partial charge is 0.383 e. The van der Waals surface area contributed by atoms with E-state index in [-0.39, 0.29) is 12.1 Å². The van der Waals surface area contributed by atoms with Crippen LogP contribution in [0.3, 0.4) is 0 Å². The molecular weight excluding hydrogens is 214 g/mol. The van der Waals surface area contributed by atoms with Crippen molar-refractivity contribution in [2.75, 3.05) is 19.9 Å². The van der Waals surface area contributed by atoms with E-state index in [0.717, 1.165) is 24.8 Å². The SMILES string of the molecule is CCCC(OC)C(Cc1cccnc1N)NC. The minimum atomic E-state index is 0.213. The summed E-state index contributed by atoms with van der Waals surface area (Å²) in [6, 6.07) is 4.21. The van der Waals surface area contributed by atoms with Crippen LogP contribution < -0.4 is 11.1 Å². The van der Waals surface area contributed by atoms with Gasteiger partial charge in [-0.15, -0.1) is 0 Å². The molecule has 1 aromatic rings. The van der Waals surface area contributed by atoms with Gasteiger partial charge < -0.3 is 15.8 Å². The van der Waals surface area contributed by atoms with Crippen LogP contribution in [0.15, 0.2) is 18.3 Å². The first-order chi connectivity index (χ1) is 8.22. The van der Waals surface area contributed by atoms with Gasteiger partial charge in [0.1, 0.15) is 5.82 Å². The van der Waals surface area contributed by atoms with Gasteiger partial charge in [0.25, 0.3) is 0 Å². The first-order valence-corrected chi connectivity index (χ1v) is 6.12. The molecule has 0 bridgehead atoms. The van der Waals surface area contributed by atoms with Gasteiger partial charge in [0.15, 0.2) is 0 Å². The number of ether oxygens (including phenoxy) is 1. The third kappa shape index (κ3) is 3.98. The number of nitrogens with two attached hydrogens (primary N) is 1. The van der Waals surface area contributed by atoms with Crippen molar-refractivity contribution in [2.24, 2.45) is 0 Å². The lowest BCUT2D eigenvalue weighted by molar-refractivity contribution is 0.0633. The topological polar surface area (TPSA) is 60.2 Å². The normalized spacial score (nSPS) is 14.5. The number of pyridine rings is 1. The first kappa shape index (κ1) is 13.9. The molecule has 2 unspecified atom stereocenters. The standard InChI is InChI=1S/C13H23N3O/c1-4-6-12(17-3)11(15-2)9-10-7-5-8-16-13(10)14/h5,7-8,11-12,15H,4,6,9H2,1-3H3,(H2,14,16). The molecule has 0 amide bonds. The van der Waals surface area contributed by atoms with Crippen LogP contribution in [-0.4, -0.2) is 31.3 Å². The Morgan fingerprint density at radius 2 is 2.29 bits per heavy atom. The number of anilines is 1. The van der Waals surface area contributed by atoms with E-state index >= 15 is 0 Å². The van der Waals surface area contributed by atoms with E-state index in [1.807, 2.05) is 19.2 Å². The molecule has 1 rings (SSSR count). The first-order valence-electron chi connectivity index (χ1n) is 6.12. The maximum Gasteiger partial charge on any atom is 0.126 e. The lowest BCUT2D eigenvalue weighted by Crippen LogP contribution is -2.40. The van der Waals surface area contributed by atoms with Crippen LogP contribution in [-0.2, 0) is 11.2 Å². The molecule has 0 aliphatic rings. The molecule has 0 saturated heterocycles. The number of nitrogen functional groups attached to an aromatic ring is 1. The van der Waals surface area contributed by atoms with Gasteiger partial charge in [0, 0.05) is 19.3 Å². The van der Waals surface area contributed by atoms with Crippen molar-refractivity contribution in [1.82, 2.24) is 10.3 Å². The molecule has 96 valence electrons. The van der Waals surface area contributed by atoms with Gasteiger partial charge in [-0.3, -0.25) is 0 Å². The van der Waals surface area contributed by atoms with Crippen LogP contribution in [0.4, 0.5) is 5.82 Å². The number of methoxy groups -OCH3 is 1. The Balaban J connectivity index is 2.72. The number of aromatic nitrogens is 1. The third-order valence-electron chi connectivity index (χ3n) is 3.06. The van der Waals surface area contributed by atoms with Gasteiger partial charge in [0.05, 0.1) is 6.10 Å². The Bertz CT molecular complexity index is 330. The van der Waals surface area contributed by atoms with Crippen LogP contribution in [0.5, 0.6) is 0 Å². The molecule has 0 fully saturated rings. The van der Waals surface area contributed by atoms with Crippen molar-refractivity contribution in [3.05, 3.63) is 23.9 Å². The molecule has 1 aromatic heterocycles. The van der Waals surface area contributed by atoms with E-state index in [1.165, 1.54) is 0 Å². The van der Waals surface area contributed by atoms with Crippen molar-refractivity contribution >= 4 is 5.82 Å². The van der Waals surface area contributed by atoms with E-state index in [2.05, 4.69) is 17.2 Å². The number of likely N-dealkylation sites (N-methyl/N-ethyl adjacent to an activating group) is 1. The number of nitrogens with zero attached hydrogens (tertiary/aromatic N) is 1. The summed E-state index contributed by atoms with van der Waals surface area (Å²) < 4.78 is 5.53. The van der Waals surface area contributed by atoms with Gasteiger partial charge in [-0.05, 0) is 31.5 Å². The molecule has 0 radical (unpaired) electrons. The van der Waals surface area contributed by atoms with Crippen molar-refractivity contribution in [2.45, 2.75) is 38.3 Å². The smallest absolute Gasteiger partial charge is 0.126 e. The zero-order valence-corrected chi connectivity index (χ0v) is 10.9. The summed E-state index contributed by atoms with van der Waals surface area (Å²) in [5.41, 5.74) is 6.93. The highest BCUT2D eigenvalue weighted by atomic mass is 16.5. The highest BCUT2D eigenvalue weighted by Gasteiger charge is 2.20. The second kappa shape index (κ2) is 7.25. The molecule has 4 heteroatoms. The molecule has 1 heterocycles. The fourth-order valence-corrected chi connectivity index (χ4v) is 2.05. The summed E-state index contributed by atoms with van der Waals surface area (Å²) in [4.78, 5) is 4.11. The Morgan fingerprint density at radius 3 is 2.82 bits per heavy atom. The van der Waals surface area contributed by atoms with Crippen LogP contribution in [0.2, 0.25) is 0 Å². The van der Waals surface area contributed by atoms with Gasteiger partial charge in [-0.25, -0.2) is 4.98 Å². The lowest BCUT2D eigenvalue weighted by Gasteiger charge is -2.25. The van der Waals surface area contributed by atoms with E-state index in [4.69, 9.17) is 10.5 Å². The van der Waals surface area contributed by atoms with Gasteiger partial charge >= 0.3 is 0 Å². The minimum absolute atomic E-state index is 0.213. The third-order valence-corrected chi connectivity index (χ3v) is 3.06. The van der Waals surface area contributed by atoms with E-state index < -0.39 is 0 Å². The summed E-state index contributed by atoms with van der Waals surface area (Å²) in [7, 11) is 3.72. The van der Waals surface area contributed by atoms with Gasteiger partial charge in [-0.2, -0.15) is 0 Å². The Morgan fingerprint density at radius 1 is 1.53 bits per heavy atom. The Kier molecular flexibility index (Phi) is 5.94. The van der Waals surface area contributed by atoms with Crippen molar-refractivity contribution < 1.29 is 4.74 Å². The highest BCUT2D eigenvalue weighted by Crippen LogP contribution is 2.15. The predicted octanol–water partition coefficient (Wildman–Crippen LogP) is 1.61. The quantitative estimate of drug-likeness (QED) is 0.756. The second-order valence-electron chi connectivity index (χ2n) is 4.21. The summed E-state index contributed by atoms with van der Waals surface area (Å²) in [5.74, 6) is 0.610. The summed E-state index contributed by atoms with van der Waals surface area (Å²) >= 11 is 0.